The number of nitrogens with zero attached hydrogens (tertiary/aromatic N) is 1. The highest BCUT2D eigenvalue weighted by Crippen LogP contribution is 2.48. The van der Waals surface area contributed by atoms with Gasteiger partial charge >= 0.3 is 12.4 Å². The van der Waals surface area contributed by atoms with Gasteiger partial charge in [-0.15, -0.1) is 0 Å². The predicted molar refractivity (Wildman–Crippen MR) is 94.9 cm³/mol. The van der Waals surface area contributed by atoms with Crippen LogP contribution in [0.1, 0.15) is 6.92 Å². The van der Waals surface area contributed by atoms with Gasteiger partial charge in [-0.1, -0.05) is 0 Å². The van der Waals surface area contributed by atoms with E-state index in [9.17, 15) is 31.1 Å². The lowest BCUT2D eigenvalue weighted by molar-refractivity contribution is -0.116. The molecule has 3 rings (SSSR count). The molecule has 0 aromatic heterocycles. The Bertz CT molecular complexity index is 859. The number of halogens is 6. The fourth-order valence-electron chi connectivity index (χ4n) is 2.77. The number of hydrogen-bond donors (Lipinski definition) is 2. The molecule has 1 amide bonds. The molecule has 156 valence electrons. The van der Waals surface area contributed by atoms with E-state index >= 15 is 0 Å². The number of rotatable bonds is 4. The van der Waals surface area contributed by atoms with Crippen molar-refractivity contribution < 1.29 is 35.9 Å². The van der Waals surface area contributed by atoms with Crippen molar-refractivity contribution >= 4 is 28.7 Å². The van der Waals surface area contributed by atoms with E-state index in [1.807, 2.05) is 0 Å². The maximum absolute atomic E-state index is 12.4. The Labute approximate surface area is 161 Å². The highest BCUT2D eigenvalue weighted by atomic mass is 19.4. The molecule has 0 atom stereocenters. The average molecular weight is 419 g/mol. The van der Waals surface area contributed by atoms with Crippen LogP contribution in [0.4, 0.5) is 49.1 Å². The Balaban J connectivity index is 1.91. The Morgan fingerprint density at radius 2 is 1.28 bits per heavy atom. The van der Waals surface area contributed by atoms with Gasteiger partial charge in [0.25, 0.3) is 0 Å². The van der Waals surface area contributed by atoms with Crippen molar-refractivity contribution in [1.29, 1.82) is 0 Å². The summed E-state index contributed by atoms with van der Waals surface area (Å²) in [5.74, 6) is -0.219. The standard InChI is InChI=1S/C18H15F6N3O2/c1-10(28)27-13-4-2-11(25-8-17(19,20)21)6-15(13)29-16-7-12(3-5-14(16)27)26-9-18(22,23)24/h2-7,25-26H,8-9H2,1H3. The number of carbonyl (C=O) groups excluding carboxylic acids is 1. The van der Waals surface area contributed by atoms with Crippen LogP contribution < -0.4 is 20.3 Å². The first kappa shape index (κ1) is 20.6. The lowest BCUT2D eigenvalue weighted by atomic mass is 10.1. The summed E-state index contributed by atoms with van der Waals surface area (Å²) >= 11 is 0. The van der Waals surface area contributed by atoms with Crippen molar-refractivity contribution in [2.75, 3.05) is 28.6 Å². The van der Waals surface area contributed by atoms with Crippen LogP contribution in [0.3, 0.4) is 0 Å². The molecule has 0 aliphatic carbocycles. The zero-order valence-corrected chi connectivity index (χ0v) is 14.9. The molecule has 0 bridgehead atoms. The SMILES string of the molecule is CC(=O)N1c2ccc(NCC(F)(F)F)cc2Oc2cc(NCC(F)(F)F)ccc21. The van der Waals surface area contributed by atoms with Crippen molar-refractivity contribution in [3.05, 3.63) is 36.4 Å². The van der Waals surface area contributed by atoms with Gasteiger partial charge in [-0.05, 0) is 24.3 Å². The number of benzene rings is 2. The van der Waals surface area contributed by atoms with Crippen LogP contribution in [-0.2, 0) is 4.79 Å². The number of carbonyl (C=O) groups is 1. The van der Waals surface area contributed by atoms with Gasteiger partial charge in [0.2, 0.25) is 5.91 Å². The maximum atomic E-state index is 12.4. The molecule has 2 aromatic carbocycles. The third-order valence-electron chi connectivity index (χ3n) is 3.92. The summed E-state index contributed by atoms with van der Waals surface area (Å²) in [6, 6.07) is 8.16. The Morgan fingerprint density at radius 3 is 1.62 bits per heavy atom. The Hall–Kier alpha value is -3.11. The van der Waals surface area contributed by atoms with Gasteiger partial charge in [-0.25, -0.2) is 0 Å². The summed E-state index contributed by atoms with van der Waals surface area (Å²) in [6.07, 6.45) is -8.85. The molecule has 0 radical (unpaired) electrons. The number of nitrogens with one attached hydrogen (secondary N) is 2. The molecule has 0 unspecified atom stereocenters. The first-order valence-electron chi connectivity index (χ1n) is 8.31. The molecule has 1 heterocycles. The van der Waals surface area contributed by atoms with Gasteiger partial charge in [-0.3, -0.25) is 9.69 Å². The van der Waals surface area contributed by atoms with Gasteiger partial charge < -0.3 is 15.4 Å². The van der Waals surface area contributed by atoms with Crippen LogP contribution >= 0.6 is 0 Å². The average Bonchev–Trinajstić information content (AvgIpc) is 2.60. The highest BCUT2D eigenvalue weighted by molar-refractivity contribution is 6.03. The number of ether oxygens (including phenoxy) is 1. The molecular weight excluding hydrogens is 404 g/mol. The maximum Gasteiger partial charge on any atom is 0.405 e. The van der Waals surface area contributed by atoms with Crippen molar-refractivity contribution in [2.45, 2.75) is 19.3 Å². The van der Waals surface area contributed by atoms with E-state index in [1.165, 1.54) is 48.2 Å². The lowest BCUT2D eigenvalue weighted by Gasteiger charge is -2.31. The van der Waals surface area contributed by atoms with Gasteiger partial charge in [0.1, 0.15) is 13.1 Å². The summed E-state index contributed by atoms with van der Waals surface area (Å²) < 4.78 is 80.1. The summed E-state index contributed by atoms with van der Waals surface area (Å²) in [7, 11) is 0. The first-order chi connectivity index (χ1) is 13.4. The topological polar surface area (TPSA) is 53.6 Å². The molecule has 2 aromatic rings. The zero-order valence-electron chi connectivity index (χ0n) is 14.9. The summed E-state index contributed by atoms with van der Waals surface area (Å²) in [5, 5.41) is 4.41. The van der Waals surface area contributed by atoms with E-state index < -0.39 is 31.3 Å². The van der Waals surface area contributed by atoms with Crippen LogP contribution in [0.15, 0.2) is 36.4 Å². The largest absolute Gasteiger partial charge is 0.453 e. The predicted octanol–water partition coefficient (Wildman–Crippen LogP) is 5.43. The fourth-order valence-corrected chi connectivity index (χ4v) is 2.77. The van der Waals surface area contributed by atoms with E-state index in [1.54, 1.807) is 0 Å². The van der Waals surface area contributed by atoms with Gasteiger partial charge in [0.05, 0.1) is 11.4 Å². The minimum Gasteiger partial charge on any atom is -0.453 e. The van der Waals surface area contributed by atoms with Crippen LogP contribution in [0.5, 0.6) is 11.5 Å². The normalized spacial score (nSPS) is 13.3. The van der Waals surface area contributed by atoms with Crippen LogP contribution in [-0.4, -0.2) is 31.3 Å². The summed E-state index contributed by atoms with van der Waals surface area (Å²) in [6.45, 7) is -1.24. The lowest BCUT2D eigenvalue weighted by Crippen LogP contribution is -2.26. The van der Waals surface area contributed by atoms with Gasteiger partial charge in [0.15, 0.2) is 11.5 Å². The molecule has 11 heteroatoms. The third kappa shape index (κ3) is 5.04. The molecule has 0 fully saturated rings. The number of alkyl halides is 6. The van der Waals surface area contributed by atoms with E-state index in [0.29, 0.717) is 11.4 Å². The second-order valence-corrected chi connectivity index (χ2v) is 6.26. The molecule has 5 nitrogen and oxygen atoms in total. The van der Waals surface area contributed by atoms with Crippen molar-refractivity contribution in [3.8, 4) is 11.5 Å². The second kappa shape index (κ2) is 7.37. The van der Waals surface area contributed by atoms with Crippen molar-refractivity contribution in [3.63, 3.8) is 0 Å². The second-order valence-electron chi connectivity index (χ2n) is 6.26. The molecule has 0 spiro atoms. The van der Waals surface area contributed by atoms with Gasteiger partial charge in [0, 0.05) is 30.4 Å². The van der Waals surface area contributed by atoms with E-state index in [0.717, 1.165) is 0 Å². The number of fused-ring (bicyclic) bond motifs is 2. The van der Waals surface area contributed by atoms with Crippen molar-refractivity contribution in [1.82, 2.24) is 0 Å². The Morgan fingerprint density at radius 1 is 0.862 bits per heavy atom. The first-order valence-corrected chi connectivity index (χ1v) is 8.31. The third-order valence-corrected chi connectivity index (χ3v) is 3.92. The molecule has 0 saturated heterocycles. The molecule has 2 N–H and O–H groups in total. The number of anilines is 4. The van der Waals surface area contributed by atoms with Gasteiger partial charge in [-0.2, -0.15) is 26.3 Å². The minimum absolute atomic E-state index is 0.0906. The fraction of sp³-hybridized carbons (Fsp3) is 0.278. The highest BCUT2D eigenvalue weighted by Gasteiger charge is 2.30. The summed E-state index contributed by atoms with van der Waals surface area (Å²) in [5.41, 5.74) is 0.830. The monoisotopic (exact) mass is 419 g/mol. The van der Waals surface area contributed by atoms with Crippen LogP contribution in [0.25, 0.3) is 0 Å². The van der Waals surface area contributed by atoms with Crippen molar-refractivity contribution in [2.24, 2.45) is 0 Å². The quantitative estimate of drug-likeness (QED) is 0.650. The Kier molecular flexibility index (Phi) is 5.24. The molecule has 1 aliphatic rings. The smallest absolute Gasteiger partial charge is 0.405 e. The number of amides is 1. The van der Waals surface area contributed by atoms with Crippen LogP contribution in [0, 0.1) is 0 Å². The van der Waals surface area contributed by atoms with E-state index in [-0.39, 0.29) is 22.9 Å². The summed E-state index contributed by atoms with van der Waals surface area (Å²) in [4.78, 5) is 13.4. The molecule has 0 saturated carbocycles. The minimum atomic E-state index is -4.42. The van der Waals surface area contributed by atoms with E-state index in [2.05, 4.69) is 10.6 Å². The van der Waals surface area contributed by atoms with Crippen LogP contribution in [0.2, 0.25) is 0 Å². The number of hydrogen-bond acceptors (Lipinski definition) is 4. The molecular formula is C18H15F6N3O2. The molecule has 29 heavy (non-hydrogen) atoms. The molecule has 1 aliphatic heterocycles. The van der Waals surface area contributed by atoms with E-state index in [4.69, 9.17) is 4.74 Å². The zero-order chi connectivity index (χ0) is 21.4.